The maximum atomic E-state index is 9.62. The fourth-order valence-corrected chi connectivity index (χ4v) is 1.27. The van der Waals surface area contributed by atoms with E-state index < -0.39 is 6.10 Å². The minimum absolute atomic E-state index is 0.00188. The minimum Gasteiger partial charge on any atom is -0.389 e. The summed E-state index contributed by atoms with van der Waals surface area (Å²) >= 11 is 0. The van der Waals surface area contributed by atoms with Crippen molar-refractivity contribution in [2.24, 2.45) is 0 Å². The summed E-state index contributed by atoms with van der Waals surface area (Å²) in [7, 11) is 3.27. The van der Waals surface area contributed by atoms with Gasteiger partial charge in [-0.25, -0.2) is 0 Å². The Hall–Kier alpha value is -0.240. The largest absolute Gasteiger partial charge is 0.389 e. The quantitative estimate of drug-likeness (QED) is 0.444. The highest BCUT2D eigenvalue weighted by Crippen LogP contribution is 1.93. The number of hydrogen-bond acceptors (Lipinski definition) is 6. The zero-order valence-electron chi connectivity index (χ0n) is 11.7. The molecule has 0 aromatic carbocycles. The van der Waals surface area contributed by atoms with Crippen LogP contribution in [0.2, 0.25) is 0 Å². The molecule has 0 aliphatic carbocycles. The van der Waals surface area contributed by atoms with Crippen molar-refractivity contribution in [1.82, 2.24) is 5.32 Å². The second-order valence-electron chi connectivity index (χ2n) is 4.06. The van der Waals surface area contributed by atoms with Crippen molar-refractivity contribution in [2.75, 3.05) is 60.3 Å². The Bertz CT molecular complexity index is 171. The Morgan fingerprint density at radius 3 is 2.50 bits per heavy atom. The highest BCUT2D eigenvalue weighted by molar-refractivity contribution is 4.59. The molecule has 0 aliphatic heterocycles. The number of nitrogens with one attached hydrogen (secondary N) is 1. The van der Waals surface area contributed by atoms with Gasteiger partial charge in [0.1, 0.15) is 0 Å². The maximum absolute atomic E-state index is 9.62. The third kappa shape index (κ3) is 12.2. The van der Waals surface area contributed by atoms with Crippen LogP contribution in [0.3, 0.4) is 0 Å². The Morgan fingerprint density at radius 2 is 1.83 bits per heavy atom. The van der Waals surface area contributed by atoms with Crippen molar-refractivity contribution in [3.63, 3.8) is 0 Å². The second-order valence-corrected chi connectivity index (χ2v) is 4.06. The van der Waals surface area contributed by atoms with Gasteiger partial charge in [0, 0.05) is 27.3 Å². The minimum atomic E-state index is -0.511. The van der Waals surface area contributed by atoms with Crippen molar-refractivity contribution in [1.29, 1.82) is 0 Å². The Kier molecular flexibility index (Phi) is 13.0. The molecule has 2 unspecified atom stereocenters. The number of rotatable bonds is 13. The van der Waals surface area contributed by atoms with Crippen molar-refractivity contribution in [2.45, 2.75) is 19.1 Å². The normalized spacial score (nSPS) is 14.7. The summed E-state index contributed by atoms with van der Waals surface area (Å²) in [5, 5.41) is 12.7. The molecule has 0 spiro atoms. The van der Waals surface area contributed by atoms with E-state index in [0.717, 1.165) is 0 Å². The van der Waals surface area contributed by atoms with E-state index in [9.17, 15) is 5.11 Å². The van der Waals surface area contributed by atoms with Crippen LogP contribution in [0.15, 0.2) is 0 Å². The molecule has 0 fully saturated rings. The fraction of sp³-hybridized carbons (Fsp3) is 1.00. The molecule has 0 bridgehead atoms. The van der Waals surface area contributed by atoms with Crippen LogP contribution in [-0.2, 0) is 18.9 Å². The lowest BCUT2D eigenvalue weighted by atomic mass is 10.3. The van der Waals surface area contributed by atoms with Gasteiger partial charge in [-0.1, -0.05) is 0 Å². The summed E-state index contributed by atoms with van der Waals surface area (Å²) in [6.45, 7) is 5.76. The van der Waals surface area contributed by atoms with Crippen LogP contribution in [-0.4, -0.2) is 77.7 Å². The van der Waals surface area contributed by atoms with Gasteiger partial charge in [0.05, 0.1) is 45.2 Å². The molecule has 0 radical (unpaired) electrons. The first-order valence-electron chi connectivity index (χ1n) is 6.26. The van der Waals surface area contributed by atoms with Crippen LogP contribution >= 0.6 is 0 Å². The Balaban J connectivity index is 3.23. The molecule has 18 heavy (non-hydrogen) atoms. The summed E-state index contributed by atoms with van der Waals surface area (Å²) in [6, 6.07) is 0. The van der Waals surface area contributed by atoms with Gasteiger partial charge in [0.15, 0.2) is 0 Å². The van der Waals surface area contributed by atoms with Crippen molar-refractivity contribution in [3.05, 3.63) is 0 Å². The van der Waals surface area contributed by atoms with Gasteiger partial charge < -0.3 is 29.4 Å². The molecule has 0 amide bonds. The summed E-state index contributed by atoms with van der Waals surface area (Å²) in [5.74, 6) is 0. The molecular weight excluding hydrogens is 238 g/mol. The molecule has 6 heteroatoms. The summed E-state index contributed by atoms with van der Waals surface area (Å²) in [5.41, 5.74) is 0. The summed E-state index contributed by atoms with van der Waals surface area (Å²) < 4.78 is 20.4. The Morgan fingerprint density at radius 1 is 1.06 bits per heavy atom. The summed E-state index contributed by atoms with van der Waals surface area (Å²) in [6.07, 6.45) is -0.509. The number of ether oxygens (including phenoxy) is 4. The predicted molar refractivity (Wildman–Crippen MR) is 68.9 cm³/mol. The molecule has 2 atom stereocenters. The van der Waals surface area contributed by atoms with Crippen molar-refractivity contribution >= 4 is 0 Å². The molecule has 0 heterocycles. The molecule has 0 aromatic heterocycles. The first-order valence-corrected chi connectivity index (χ1v) is 6.26. The van der Waals surface area contributed by atoms with Gasteiger partial charge in [0.25, 0.3) is 0 Å². The molecule has 0 rings (SSSR count). The smallest absolute Gasteiger partial charge is 0.0897 e. The van der Waals surface area contributed by atoms with Gasteiger partial charge in [-0.2, -0.15) is 0 Å². The molecule has 0 saturated heterocycles. The molecular formula is C12H27NO5. The molecule has 2 N–H and O–H groups in total. The van der Waals surface area contributed by atoms with Gasteiger partial charge in [0.2, 0.25) is 0 Å². The molecule has 6 nitrogen and oxygen atoms in total. The van der Waals surface area contributed by atoms with Crippen molar-refractivity contribution < 1.29 is 24.1 Å². The monoisotopic (exact) mass is 265 g/mol. The van der Waals surface area contributed by atoms with E-state index in [1.54, 1.807) is 14.2 Å². The van der Waals surface area contributed by atoms with Crippen LogP contribution < -0.4 is 5.32 Å². The predicted octanol–water partition coefficient (Wildman–Crippen LogP) is -0.349. The third-order valence-corrected chi connectivity index (χ3v) is 2.21. The lowest BCUT2D eigenvalue weighted by Crippen LogP contribution is -2.34. The van der Waals surface area contributed by atoms with Gasteiger partial charge >= 0.3 is 0 Å². The van der Waals surface area contributed by atoms with Crippen LogP contribution in [0.4, 0.5) is 0 Å². The molecule has 0 aliphatic rings. The average molecular weight is 265 g/mol. The first kappa shape index (κ1) is 17.8. The number of hydrogen-bond donors (Lipinski definition) is 2. The third-order valence-electron chi connectivity index (χ3n) is 2.21. The zero-order valence-corrected chi connectivity index (χ0v) is 11.7. The number of aliphatic hydroxyl groups excluding tert-OH is 1. The lowest BCUT2D eigenvalue weighted by Gasteiger charge is -2.16. The first-order chi connectivity index (χ1) is 8.70. The highest BCUT2D eigenvalue weighted by Gasteiger charge is 2.07. The van der Waals surface area contributed by atoms with Gasteiger partial charge in [-0.15, -0.1) is 0 Å². The highest BCUT2D eigenvalue weighted by atomic mass is 16.5. The van der Waals surface area contributed by atoms with Crippen molar-refractivity contribution in [3.8, 4) is 0 Å². The number of methoxy groups -OCH3 is 2. The van der Waals surface area contributed by atoms with Crippen LogP contribution in [0, 0.1) is 0 Å². The standard InChI is InChI=1S/C12H27NO5/c1-11(9-16-3)18-10-12(14)8-13-4-5-17-7-6-15-2/h11-14H,4-10H2,1-3H3. The molecule has 0 aromatic rings. The van der Waals surface area contributed by atoms with Gasteiger partial charge in [-0.3, -0.25) is 0 Å². The zero-order chi connectivity index (χ0) is 13.6. The average Bonchev–Trinajstić information content (AvgIpc) is 2.35. The van der Waals surface area contributed by atoms with E-state index >= 15 is 0 Å². The topological polar surface area (TPSA) is 69.2 Å². The van der Waals surface area contributed by atoms with E-state index in [0.29, 0.717) is 46.1 Å². The van der Waals surface area contributed by atoms with Crippen LogP contribution in [0.5, 0.6) is 0 Å². The SMILES string of the molecule is COCCOCCNCC(O)COC(C)COC. The lowest BCUT2D eigenvalue weighted by molar-refractivity contribution is -0.0314. The van der Waals surface area contributed by atoms with Crippen LogP contribution in [0.25, 0.3) is 0 Å². The van der Waals surface area contributed by atoms with E-state index in [2.05, 4.69) is 5.32 Å². The van der Waals surface area contributed by atoms with E-state index in [1.807, 2.05) is 6.92 Å². The van der Waals surface area contributed by atoms with E-state index in [-0.39, 0.29) is 6.10 Å². The van der Waals surface area contributed by atoms with E-state index in [1.165, 1.54) is 0 Å². The fourth-order valence-electron chi connectivity index (χ4n) is 1.27. The summed E-state index contributed by atoms with van der Waals surface area (Å²) in [4.78, 5) is 0. The van der Waals surface area contributed by atoms with Gasteiger partial charge in [-0.05, 0) is 6.92 Å². The second kappa shape index (κ2) is 13.2. The number of aliphatic hydroxyl groups is 1. The Labute approximate surface area is 110 Å². The van der Waals surface area contributed by atoms with Crippen LogP contribution in [0.1, 0.15) is 6.92 Å². The molecule has 0 saturated carbocycles. The molecule has 110 valence electrons. The maximum Gasteiger partial charge on any atom is 0.0897 e. The van der Waals surface area contributed by atoms with E-state index in [4.69, 9.17) is 18.9 Å².